The number of piperazine rings is 1. The molecule has 1 aliphatic heterocycles. The van der Waals surface area contributed by atoms with Crippen molar-refractivity contribution in [3.63, 3.8) is 0 Å². The highest BCUT2D eigenvalue weighted by atomic mass is 35.5. The molecule has 1 aliphatic rings. The van der Waals surface area contributed by atoms with Crippen LogP contribution >= 0.6 is 11.6 Å². The molecule has 2 aromatic carbocycles. The van der Waals surface area contributed by atoms with Gasteiger partial charge in [-0.1, -0.05) is 35.9 Å². The van der Waals surface area contributed by atoms with Gasteiger partial charge in [-0.3, -0.25) is 4.90 Å². The highest BCUT2D eigenvalue weighted by Gasteiger charge is 2.20. The van der Waals surface area contributed by atoms with E-state index in [0.717, 1.165) is 26.2 Å². The Hall–Kier alpha value is -1.75. The van der Waals surface area contributed by atoms with E-state index in [0.29, 0.717) is 17.3 Å². The molecule has 1 saturated heterocycles. The first-order chi connectivity index (χ1) is 12.1. The lowest BCUT2D eigenvalue weighted by atomic mass is 10.2. The molecule has 25 heavy (non-hydrogen) atoms. The summed E-state index contributed by atoms with van der Waals surface area (Å²) in [5, 5.41) is 10.8. The number of halogens is 1. The number of β-amino-alcohol motifs (C(OH)–C–C–N with tert-alkyl or cyclic N) is 1. The van der Waals surface area contributed by atoms with Crippen LogP contribution in [0.25, 0.3) is 0 Å². The number of benzene rings is 2. The predicted octanol–water partition coefficient (Wildman–Crippen LogP) is 3.21. The third kappa shape index (κ3) is 5.11. The maximum Gasteiger partial charge on any atom is 0.138 e. The van der Waals surface area contributed by atoms with Gasteiger partial charge in [0.1, 0.15) is 18.5 Å². The van der Waals surface area contributed by atoms with Gasteiger partial charge < -0.3 is 14.7 Å². The summed E-state index contributed by atoms with van der Waals surface area (Å²) in [4.78, 5) is 4.68. The van der Waals surface area contributed by atoms with Gasteiger partial charge in [0.2, 0.25) is 0 Å². The monoisotopic (exact) mass is 360 g/mol. The first-order valence-electron chi connectivity index (χ1n) is 8.71. The van der Waals surface area contributed by atoms with Gasteiger partial charge in [-0.15, -0.1) is 0 Å². The molecule has 1 atom stereocenters. The van der Waals surface area contributed by atoms with Gasteiger partial charge in [-0.05, 0) is 36.8 Å². The van der Waals surface area contributed by atoms with Gasteiger partial charge in [0.15, 0.2) is 0 Å². The van der Waals surface area contributed by atoms with E-state index in [2.05, 4.69) is 41.0 Å². The summed E-state index contributed by atoms with van der Waals surface area (Å²) in [5.74, 6) is 0.618. The van der Waals surface area contributed by atoms with E-state index >= 15 is 0 Å². The molecule has 0 spiro atoms. The molecule has 134 valence electrons. The lowest BCUT2D eigenvalue weighted by molar-refractivity contribution is 0.0663. The largest absolute Gasteiger partial charge is 0.489 e. The van der Waals surface area contributed by atoms with Crippen LogP contribution in [-0.2, 0) is 0 Å². The molecule has 3 rings (SSSR count). The van der Waals surface area contributed by atoms with Gasteiger partial charge in [0.25, 0.3) is 0 Å². The van der Waals surface area contributed by atoms with Gasteiger partial charge in [0.05, 0.1) is 5.02 Å². The van der Waals surface area contributed by atoms with Crippen molar-refractivity contribution in [3.8, 4) is 5.75 Å². The van der Waals surface area contributed by atoms with Crippen molar-refractivity contribution in [2.45, 2.75) is 13.0 Å². The zero-order valence-electron chi connectivity index (χ0n) is 14.6. The Morgan fingerprint density at radius 1 is 1.08 bits per heavy atom. The normalized spacial score (nSPS) is 16.7. The summed E-state index contributed by atoms with van der Waals surface area (Å²) in [6.45, 7) is 6.82. The van der Waals surface area contributed by atoms with Crippen LogP contribution in [0.2, 0.25) is 5.02 Å². The quantitative estimate of drug-likeness (QED) is 0.858. The molecular weight excluding hydrogens is 336 g/mol. The van der Waals surface area contributed by atoms with Crippen molar-refractivity contribution in [2.75, 3.05) is 44.2 Å². The van der Waals surface area contributed by atoms with E-state index in [1.54, 1.807) is 6.07 Å². The average Bonchev–Trinajstić information content (AvgIpc) is 2.62. The van der Waals surface area contributed by atoms with E-state index in [1.807, 2.05) is 18.2 Å². The lowest BCUT2D eigenvalue weighted by Crippen LogP contribution is -2.49. The second kappa shape index (κ2) is 8.56. The number of hydrogen-bond acceptors (Lipinski definition) is 4. The van der Waals surface area contributed by atoms with Crippen molar-refractivity contribution in [1.29, 1.82) is 0 Å². The Morgan fingerprint density at radius 2 is 1.84 bits per heavy atom. The molecule has 4 nitrogen and oxygen atoms in total. The fraction of sp³-hybridized carbons (Fsp3) is 0.400. The summed E-state index contributed by atoms with van der Waals surface area (Å²) in [7, 11) is 0. The summed E-state index contributed by atoms with van der Waals surface area (Å²) in [6.07, 6.45) is -0.526. The number of anilines is 1. The summed E-state index contributed by atoms with van der Waals surface area (Å²) < 4.78 is 5.62. The number of nitrogens with zero attached hydrogens (tertiary/aromatic N) is 2. The van der Waals surface area contributed by atoms with E-state index in [-0.39, 0.29) is 6.61 Å². The number of para-hydroxylation sites is 1. The number of aryl methyl sites for hydroxylation is 1. The first-order valence-corrected chi connectivity index (χ1v) is 9.09. The lowest BCUT2D eigenvalue weighted by Gasteiger charge is -2.37. The number of aliphatic hydroxyl groups is 1. The zero-order valence-corrected chi connectivity index (χ0v) is 15.3. The molecule has 0 saturated carbocycles. The Balaban J connectivity index is 1.43. The van der Waals surface area contributed by atoms with Gasteiger partial charge >= 0.3 is 0 Å². The van der Waals surface area contributed by atoms with Crippen LogP contribution in [0.4, 0.5) is 5.69 Å². The van der Waals surface area contributed by atoms with Crippen LogP contribution < -0.4 is 9.64 Å². The Bertz CT molecular complexity index is 687. The molecule has 1 N–H and O–H groups in total. The van der Waals surface area contributed by atoms with Crippen molar-refractivity contribution < 1.29 is 9.84 Å². The first kappa shape index (κ1) is 18.1. The van der Waals surface area contributed by atoms with E-state index in [1.165, 1.54) is 11.3 Å². The zero-order chi connectivity index (χ0) is 17.6. The second-order valence-electron chi connectivity index (χ2n) is 6.52. The minimum atomic E-state index is -0.526. The van der Waals surface area contributed by atoms with Crippen LogP contribution in [0.5, 0.6) is 5.75 Å². The van der Waals surface area contributed by atoms with Gasteiger partial charge in [-0.2, -0.15) is 0 Å². The molecule has 5 heteroatoms. The molecule has 0 radical (unpaired) electrons. The summed E-state index contributed by atoms with van der Waals surface area (Å²) in [5.41, 5.74) is 2.56. The van der Waals surface area contributed by atoms with Gasteiger partial charge in [0, 0.05) is 38.4 Å². The smallest absolute Gasteiger partial charge is 0.138 e. The number of hydrogen-bond donors (Lipinski definition) is 1. The summed E-state index contributed by atoms with van der Waals surface area (Å²) >= 11 is 6.06. The molecule has 0 aliphatic carbocycles. The van der Waals surface area contributed by atoms with Crippen LogP contribution in [0.3, 0.4) is 0 Å². The topological polar surface area (TPSA) is 35.9 Å². The van der Waals surface area contributed by atoms with Crippen molar-refractivity contribution >= 4 is 17.3 Å². The molecule has 1 fully saturated rings. The maximum absolute atomic E-state index is 10.2. The van der Waals surface area contributed by atoms with E-state index in [9.17, 15) is 5.11 Å². The fourth-order valence-corrected chi connectivity index (χ4v) is 3.30. The highest BCUT2D eigenvalue weighted by Crippen LogP contribution is 2.23. The second-order valence-corrected chi connectivity index (χ2v) is 6.93. The van der Waals surface area contributed by atoms with Crippen LogP contribution in [-0.4, -0.2) is 55.4 Å². The van der Waals surface area contributed by atoms with Crippen molar-refractivity contribution in [1.82, 2.24) is 4.90 Å². The number of ether oxygens (including phenoxy) is 1. The number of rotatable bonds is 6. The summed E-state index contributed by atoms with van der Waals surface area (Å²) in [6, 6.07) is 15.9. The minimum Gasteiger partial charge on any atom is -0.489 e. The number of aliphatic hydroxyl groups excluding tert-OH is 1. The van der Waals surface area contributed by atoms with Crippen LogP contribution in [0.15, 0.2) is 48.5 Å². The predicted molar refractivity (Wildman–Crippen MR) is 103 cm³/mol. The SMILES string of the molecule is Cc1cccc(N2CCN(C[C@H](O)COc3ccccc3Cl)CC2)c1. The fourth-order valence-electron chi connectivity index (χ4n) is 3.11. The van der Waals surface area contributed by atoms with Crippen molar-refractivity contribution in [3.05, 3.63) is 59.1 Å². The Morgan fingerprint density at radius 3 is 2.56 bits per heavy atom. The molecule has 0 aromatic heterocycles. The molecular formula is C20H25ClN2O2. The molecule has 1 heterocycles. The van der Waals surface area contributed by atoms with Crippen LogP contribution in [0, 0.1) is 6.92 Å². The average molecular weight is 361 g/mol. The third-order valence-corrected chi connectivity index (χ3v) is 4.79. The third-order valence-electron chi connectivity index (χ3n) is 4.48. The molecule has 2 aromatic rings. The standard InChI is InChI=1S/C20H25ClN2O2/c1-16-5-4-6-17(13-16)23-11-9-22(10-12-23)14-18(24)15-25-20-8-3-2-7-19(20)21/h2-8,13,18,24H,9-12,14-15H2,1H3/t18-/m0/s1. The minimum absolute atomic E-state index is 0.252. The molecule has 0 amide bonds. The van der Waals surface area contributed by atoms with Crippen molar-refractivity contribution in [2.24, 2.45) is 0 Å². The molecule has 0 unspecified atom stereocenters. The van der Waals surface area contributed by atoms with Gasteiger partial charge in [-0.25, -0.2) is 0 Å². The highest BCUT2D eigenvalue weighted by molar-refractivity contribution is 6.32. The Kier molecular flexibility index (Phi) is 6.19. The molecule has 0 bridgehead atoms. The van der Waals surface area contributed by atoms with E-state index in [4.69, 9.17) is 16.3 Å². The Labute approximate surface area is 154 Å². The maximum atomic E-state index is 10.2. The van der Waals surface area contributed by atoms with Crippen LogP contribution in [0.1, 0.15) is 5.56 Å². The van der Waals surface area contributed by atoms with E-state index < -0.39 is 6.10 Å².